The number of benzene rings is 3. The van der Waals surface area contributed by atoms with E-state index in [9.17, 15) is 0 Å². The van der Waals surface area contributed by atoms with Crippen molar-refractivity contribution in [3.05, 3.63) is 172 Å². The van der Waals surface area contributed by atoms with Crippen LogP contribution in [-0.4, -0.2) is 12.1 Å². The summed E-state index contributed by atoms with van der Waals surface area (Å²) in [5.74, 6) is 4.22. The number of ether oxygens (including phenoxy) is 2. The second-order valence-corrected chi connectivity index (χ2v) is 16.3. The zero-order valence-electron chi connectivity index (χ0n) is 30.6. The standard InChI is InChI=1S/C50H47NO2/c1-32-13-5-6-16-37(32)35-25-28-48-43(30-35)50(40-18-8-11-21-46(40)52-47-22-12-9-19-41(47)50)42-26-23-34(31-49(42)53-48)33-24-27-45-39(29-33)38-17-7-10-20-44(38)51(45)36-14-3-2-4-15-36/h2-7,11,14-17,19,21-23,25-26,28-32,39-40,45-46H,8-10,12-13,18,20,24,27H2,1H3. The minimum absolute atomic E-state index is 0.0297. The van der Waals surface area contributed by atoms with E-state index in [2.05, 4.69) is 139 Å². The molecule has 0 amide bonds. The maximum absolute atomic E-state index is 7.12. The topological polar surface area (TPSA) is 21.7 Å². The van der Waals surface area contributed by atoms with Crippen LogP contribution in [0.4, 0.5) is 5.69 Å². The third-order valence-electron chi connectivity index (χ3n) is 13.6. The number of nitrogens with zero attached hydrogens (tertiary/aromatic N) is 1. The summed E-state index contributed by atoms with van der Waals surface area (Å²) in [5, 5.41) is 0. The molecule has 3 heterocycles. The Hall–Kier alpha value is -5.02. The molecule has 3 heteroatoms. The van der Waals surface area contributed by atoms with E-state index >= 15 is 0 Å². The second kappa shape index (κ2) is 12.3. The predicted molar refractivity (Wildman–Crippen MR) is 216 cm³/mol. The molecule has 8 aliphatic rings. The predicted octanol–water partition coefficient (Wildman–Crippen LogP) is 12.3. The van der Waals surface area contributed by atoms with Crippen molar-refractivity contribution in [3.63, 3.8) is 0 Å². The Kier molecular flexibility index (Phi) is 7.29. The van der Waals surface area contributed by atoms with Crippen LogP contribution in [0.25, 0.3) is 11.1 Å². The molecular formula is C50H47NO2. The molecule has 5 aliphatic carbocycles. The fourth-order valence-corrected chi connectivity index (χ4v) is 11.3. The molecule has 6 atom stereocenters. The highest BCUT2D eigenvalue weighted by molar-refractivity contribution is 5.78. The minimum atomic E-state index is -0.355. The highest BCUT2D eigenvalue weighted by Crippen LogP contribution is 2.63. The van der Waals surface area contributed by atoms with E-state index in [-0.39, 0.29) is 17.4 Å². The molecule has 0 aromatic heterocycles. The Morgan fingerprint density at radius 2 is 1.70 bits per heavy atom. The molecule has 0 saturated carbocycles. The molecule has 1 spiro atoms. The number of fused-ring (bicyclic) bond motifs is 10. The smallest absolute Gasteiger partial charge is 0.132 e. The highest BCUT2D eigenvalue weighted by atomic mass is 16.5. The first-order valence-corrected chi connectivity index (χ1v) is 20.2. The number of rotatable bonds is 3. The Morgan fingerprint density at radius 3 is 2.62 bits per heavy atom. The van der Waals surface area contributed by atoms with Gasteiger partial charge in [0.1, 0.15) is 23.4 Å². The lowest BCUT2D eigenvalue weighted by Crippen LogP contribution is -2.51. The average Bonchev–Trinajstić information content (AvgIpc) is 3.55. The van der Waals surface area contributed by atoms with E-state index in [1.54, 1.807) is 0 Å². The van der Waals surface area contributed by atoms with Crippen molar-refractivity contribution >= 4 is 16.8 Å². The maximum atomic E-state index is 7.12. The van der Waals surface area contributed by atoms with Crippen molar-refractivity contribution in [2.75, 3.05) is 4.90 Å². The van der Waals surface area contributed by atoms with Gasteiger partial charge in [0, 0.05) is 46.0 Å². The normalized spacial score (nSPS) is 30.4. The van der Waals surface area contributed by atoms with E-state index in [4.69, 9.17) is 9.47 Å². The summed E-state index contributed by atoms with van der Waals surface area (Å²) in [6, 6.07) is 25.9. The Bertz CT molecular complexity index is 2280. The third-order valence-corrected chi connectivity index (χ3v) is 13.6. The second-order valence-electron chi connectivity index (χ2n) is 16.3. The van der Waals surface area contributed by atoms with Crippen molar-refractivity contribution in [2.24, 2.45) is 17.8 Å². The molecule has 3 aliphatic heterocycles. The third kappa shape index (κ3) is 4.72. The van der Waals surface area contributed by atoms with Crippen LogP contribution in [-0.2, 0) is 10.2 Å². The van der Waals surface area contributed by atoms with Crippen LogP contribution in [0.5, 0.6) is 11.5 Å². The number of allylic oxidation sites excluding steroid dienone is 12. The van der Waals surface area contributed by atoms with E-state index in [1.807, 2.05) is 0 Å². The van der Waals surface area contributed by atoms with Crippen LogP contribution in [0.1, 0.15) is 87.0 Å². The van der Waals surface area contributed by atoms with Crippen molar-refractivity contribution < 1.29 is 9.47 Å². The lowest BCUT2D eigenvalue weighted by atomic mass is 9.54. The van der Waals surface area contributed by atoms with E-state index in [0.29, 0.717) is 17.9 Å². The molecule has 264 valence electrons. The van der Waals surface area contributed by atoms with E-state index in [1.165, 1.54) is 55.9 Å². The molecule has 0 N–H and O–H groups in total. The first-order chi connectivity index (χ1) is 26.2. The van der Waals surface area contributed by atoms with Gasteiger partial charge in [0.25, 0.3) is 0 Å². The van der Waals surface area contributed by atoms with Gasteiger partial charge in [-0.3, -0.25) is 0 Å². The van der Waals surface area contributed by atoms with Crippen LogP contribution < -0.4 is 9.64 Å². The molecular weight excluding hydrogens is 647 g/mol. The molecule has 1 saturated heterocycles. The van der Waals surface area contributed by atoms with Gasteiger partial charge >= 0.3 is 0 Å². The van der Waals surface area contributed by atoms with Gasteiger partial charge < -0.3 is 14.4 Å². The van der Waals surface area contributed by atoms with Gasteiger partial charge in [-0.1, -0.05) is 91.9 Å². The van der Waals surface area contributed by atoms with Gasteiger partial charge in [-0.05, 0) is 134 Å². The lowest BCUT2D eigenvalue weighted by molar-refractivity contribution is 0.0345. The van der Waals surface area contributed by atoms with E-state index < -0.39 is 0 Å². The molecule has 11 rings (SSSR count). The molecule has 0 radical (unpaired) electrons. The zero-order valence-corrected chi connectivity index (χ0v) is 30.6. The van der Waals surface area contributed by atoms with Gasteiger partial charge in [0.05, 0.1) is 5.41 Å². The average molecular weight is 694 g/mol. The van der Waals surface area contributed by atoms with Crippen molar-refractivity contribution in [1.82, 2.24) is 0 Å². The van der Waals surface area contributed by atoms with Gasteiger partial charge in [-0.25, -0.2) is 0 Å². The monoisotopic (exact) mass is 693 g/mol. The number of anilines is 1. The summed E-state index contributed by atoms with van der Waals surface area (Å²) in [6.45, 7) is 2.35. The van der Waals surface area contributed by atoms with Crippen LogP contribution >= 0.6 is 0 Å². The SMILES string of the molecule is CC1CC=CC=C1c1ccc2c(c1)C1(C3=CCCC=C3OC3C=CCCC31)c1ccc(C3=CC4C5=C(CCC=C5)N(c5ccccc5)C4CC3)cc1O2. The lowest BCUT2D eigenvalue weighted by Gasteiger charge is -2.54. The molecule has 3 aromatic rings. The molecule has 3 aromatic carbocycles. The quantitative estimate of drug-likeness (QED) is 0.255. The highest BCUT2D eigenvalue weighted by Gasteiger charge is 2.57. The molecule has 6 unspecified atom stereocenters. The summed E-state index contributed by atoms with van der Waals surface area (Å²) in [5.41, 5.74) is 13.4. The van der Waals surface area contributed by atoms with Crippen molar-refractivity contribution in [1.29, 1.82) is 0 Å². The summed E-state index contributed by atoms with van der Waals surface area (Å²) in [6.07, 6.45) is 33.5. The van der Waals surface area contributed by atoms with Crippen LogP contribution in [0, 0.1) is 17.8 Å². The first kappa shape index (κ1) is 31.5. The summed E-state index contributed by atoms with van der Waals surface area (Å²) in [4.78, 5) is 2.67. The number of para-hydroxylation sites is 1. The van der Waals surface area contributed by atoms with Gasteiger partial charge in [0.15, 0.2) is 0 Å². The molecule has 1 fully saturated rings. The zero-order chi connectivity index (χ0) is 35.1. The number of hydrogen-bond acceptors (Lipinski definition) is 3. The fraction of sp³-hybridized carbons (Fsp3) is 0.320. The number of hydrogen-bond donors (Lipinski definition) is 0. The van der Waals surface area contributed by atoms with Crippen LogP contribution in [0.3, 0.4) is 0 Å². The minimum Gasteiger partial charge on any atom is -0.486 e. The molecule has 0 bridgehead atoms. The summed E-state index contributed by atoms with van der Waals surface area (Å²) in [7, 11) is 0. The van der Waals surface area contributed by atoms with Crippen molar-refractivity contribution in [3.8, 4) is 11.5 Å². The summed E-state index contributed by atoms with van der Waals surface area (Å²) >= 11 is 0. The summed E-state index contributed by atoms with van der Waals surface area (Å²) < 4.78 is 14.0. The van der Waals surface area contributed by atoms with Gasteiger partial charge in [-0.15, -0.1) is 0 Å². The van der Waals surface area contributed by atoms with Crippen LogP contribution in [0.2, 0.25) is 0 Å². The Morgan fingerprint density at radius 1 is 0.792 bits per heavy atom. The molecule has 3 nitrogen and oxygen atoms in total. The van der Waals surface area contributed by atoms with Crippen LogP contribution in [0.15, 0.2) is 150 Å². The molecule has 53 heavy (non-hydrogen) atoms. The van der Waals surface area contributed by atoms with Gasteiger partial charge in [0.2, 0.25) is 0 Å². The fourth-order valence-electron chi connectivity index (χ4n) is 11.3. The Balaban J connectivity index is 1.06. The van der Waals surface area contributed by atoms with Crippen molar-refractivity contribution in [2.45, 2.75) is 82.3 Å². The Labute approximate surface area is 314 Å². The van der Waals surface area contributed by atoms with Gasteiger partial charge in [-0.2, -0.15) is 0 Å². The maximum Gasteiger partial charge on any atom is 0.132 e. The largest absolute Gasteiger partial charge is 0.486 e. The van der Waals surface area contributed by atoms with E-state index in [0.717, 1.165) is 75.0 Å². The first-order valence-electron chi connectivity index (χ1n) is 20.2.